The maximum absolute atomic E-state index is 10.4. The summed E-state index contributed by atoms with van der Waals surface area (Å²) in [6.07, 6.45) is 2.86. The summed E-state index contributed by atoms with van der Waals surface area (Å²) >= 11 is 0. The predicted molar refractivity (Wildman–Crippen MR) is 46.6 cm³/mol. The Morgan fingerprint density at radius 3 is 2.92 bits per heavy atom. The summed E-state index contributed by atoms with van der Waals surface area (Å²) in [7, 11) is 0. The molecule has 0 aliphatic rings. The lowest BCUT2D eigenvalue weighted by atomic mass is 9.98. The van der Waals surface area contributed by atoms with Crippen molar-refractivity contribution >= 4 is 5.97 Å². The third kappa shape index (κ3) is 2.43. The quantitative estimate of drug-likeness (QED) is 0.738. The van der Waals surface area contributed by atoms with E-state index in [-0.39, 0.29) is 18.1 Å². The van der Waals surface area contributed by atoms with Crippen LogP contribution in [0.5, 0.6) is 5.75 Å². The molecule has 0 amide bonds. The standard InChI is InChI=1S/C9H11NO3/c1-6(4-9(12)13)7-2-3-10-5-8(7)11/h2-3,5-6,11H,4H2,1H3,(H,12,13). The highest BCUT2D eigenvalue weighted by atomic mass is 16.4. The number of carboxylic acids is 1. The number of hydrogen-bond acceptors (Lipinski definition) is 3. The molecule has 0 saturated heterocycles. The number of aromatic nitrogens is 1. The summed E-state index contributed by atoms with van der Waals surface area (Å²) in [6, 6.07) is 1.63. The van der Waals surface area contributed by atoms with Crippen molar-refractivity contribution < 1.29 is 15.0 Å². The fourth-order valence-electron chi connectivity index (χ4n) is 1.19. The molecule has 1 atom stereocenters. The van der Waals surface area contributed by atoms with E-state index < -0.39 is 5.97 Å². The smallest absolute Gasteiger partial charge is 0.303 e. The summed E-state index contributed by atoms with van der Waals surface area (Å²) in [5.41, 5.74) is 0.623. The molecule has 4 heteroatoms. The third-order valence-electron chi connectivity index (χ3n) is 1.84. The summed E-state index contributed by atoms with van der Waals surface area (Å²) in [4.78, 5) is 14.1. The summed E-state index contributed by atoms with van der Waals surface area (Å²) in [6.45, 7) is 1.75. The minimum Gasteiger partial charge on any atom is -0.506 e. The van der Waals surface area contributed by atoms with Crippen molar-refractivity contribution in [1.82, 2.24) is 4.98 Å². The minimum absolute atomic E-state index is 0.0115. The van der Waals surface area contributed by atoms with Crippen LogP contribution in [0.15, 0.2) is 18.5 Å². The number of hydrogen-bond donors (Lipinski definition) is 2. The van der Waals surface area contributed by atoms with E-state index in [9.17, 15) is 9.90 Å². The van der Waals surface area contributed by atoms with Gasteiger partial charge in [-0.05, 0) is 12.0 Å². The average Bonchev–Trinajstić information content (AvgIpc) is 2.03. The van der Waals surface area contributed by atoms with E-state index >= 15 is 0 Å². The summed E-state index contributed by atoms with van der Waals surface area (Å²) < 4.78 is 0. The SMILES string of the molecule is CC(CC(=O)O)c1ccncc1O. The van der Waals surface area contributed by atoms with E-state index in [2.05, 4.69) is 4.98 Å². The molecule has 2 N–H and O–H groups in total. The highest BCUT2D eigenvalue weighted by Gasteiger charge is 2.13. The fourth-order valence-corrected chi connectivity index (χ4v) is 1.19. The van der Waals surface area contributed by atoms with Crippen molar-refractivity contribution in [2.24, 2.45) is 0 Å². The zero-order valence-electron chi connectivity index (χ0n) is 7.27. The minimum atomic E-state index is -0.872. The molecule has 0 radical (unpaired) electrons. The molecule has 1 heterocycles. The van der Waals surface area contributed by atoms with Crippen molar-refractivity contribution in [3.8, 4) is 5.75 Å². The molecular weight excluding hydrogens is 170 g/mol. The third-order valence-corrected chi connectivity index (χ3v) is 1.84. The topological polar surface area (TPSA) is 70.4 Å². The van der Waals surface area contributed by atoms with E-state index in [1.54, 1.807) is 13.0 Å². The summed E-state index contributed by atoms with van der Waals surface area (Å²) in [5, 5.41) is 17.9. The van der Waals surface area contributed by atoms with Gasteiger partial charge in [0.25, 0.3) is 0 Å². The monoisotopic (exact) mass is 181 g/mol. The summed E-state index contributed by atoms with van der Waals surface area (Å²) in [5.74, 6) is -1.01. The van der Waals surface area contributed by atoms with Gasteiger partial charge < -0.3 is 10.2 Å². The Bertz CT molecular complexity index is 311. The van der Waals surface area contributed by atoms with Gasteiger partial charge in [0.1, 0.15) is 5.75 Å². The molecule has 0 saturated carbocycles. The molecule has 0 aliphatic heterocycles. The van der Waals surface area contributed by atoms with Gasteiger partial charge in [-0.25, -0.2) is 0 Å². The Morgan fingerprint density at radius 2 is 2.38 bits per heavy atom. The van der Waals surface area contributed by atoms with Gasteiger partial charge in [0.2, 0.25) is 0 Å². The maximum Gasteiger partial charge on any atom is 0.303 e. The van der Waals surface area contributed by atoms with Crippen LogP contribution in [-0.2, 0) is 4.79 Å². The molecule has 0 spiro atoms. The van der Waals surface area contributed by atoms with E-state index in [0.717, 1.165) is 0 Å². The van der Waals surface area contributed by atoms with Crippen molar-refractivity contribution in [2.75, 3.05) is 0 Å². The highest BCUT2D eigenvalue weighted by molar-refractivity contribution is 5.68. The van der Waals surface area contributed by atoms with Gasteiger partial charge in [-0.2, -0.15) is 0 Å². The molecule has 0 fully saturated rings. The average molecular weight is 181 g/mol. The second-order valence-corrected chi connectivity index (χ2v) is 2.93. The van der Waals surface area contributed by atoms with Crippen LogP contribution in [0.1, 0.15) is 24.8 Å². The van der Waals surface area contributed by atoms with Crippen molar-refractivity contribution in [3.05, 3.63) is 24.0 Å². The lowest BCUT2D eigenvalue weighted by Gasteiger charge is -2.09. The molecular formula is C9H11NO3. The zero-order valence-corrected chi connectivity index (χ0v) is 7.27. The van der Waals surface area contributed by atoms with Crippen LogP contribution >= 0.6 is 0 Å². The van der Waals surface area contributed by atoms with Crippen LogP contribution in [0.3, 0.4) is 0 Å². The zero-order chi connectivity index (χ0) is 9.84. The molecule has 0 aromatic carbocycles. The van der Waals surface area contributed by atoms with Gasteiger partial charge in [0.05, 0.1) is 12.6 Å². The molecule has 0 aliphatic carbocycles. The van der Waals surface area contributed by atoms with Gasteiger partial charge in [-0.15, -0.1) is 0 Å². The normalized spacial score (nSPS) is 12.4. The Kier molecular flexibility index (Phi) is 2.84. The largest absolute Gasteiger partial charge is 0.506 e. The van der Waals surface area contributed by atoms with Gasteiger partial charge in [0, 0.05) is 11.8 Å². The molecule has 0 bridgehead atoms. The van der Waals surface area contributed by atoms with Crippen LogP contribution < -0.4 is 0 Å². The molecule has 13 heavy (non-hydrogen) atoms. The lowest BCUT2D eigenvalue weighted by Crippen LogP contribution is -2.03. The first-order valence-corrected chi connectivity index (χ1v) is 3.96. The van der Waals surface area contributed by atoms with Crippen molar-refractivity contribution in [1.29, 1.82) is 0 Å². The van der Waals surface area contributed by atoms with Crippen LogP contribution in [0.4, 0.5) is 0 Å². The van der Waals surface area contributed by atoms with Crippen LogP contribution in [0.25, 0.3) is 0 Å². The number of nitrogens with zero attached hydrogens (tertiary/aromatic N) is 1. The number of aromatic hydroxyl groups is 1. The fraction of sp³-hybridized carbons (Fsp3) is 0.333. The van der Waals surface area contributed by atoms with E-state index in [0.29, 0.717) is 5.56 Å². The molecule has 1 unspecified atom stereocenters. The lowest BCUT2D eigenvalue weighted by molar-refractivity contribution is -0.137. The molecule has 70 valence electrons. The van der Waals surface area contributed by atoms with Gasteiger partial charge in [0.15, 0.2) is 0 Å². The Balaban J connectivity index is 2.82. The van der Waals surface area contributed by atoms with Crippen molar-refractivity contribution in [3.63, 3.8) is 0 Å². The van der Waals surface area contributed by atoms with Crippen molar-refractivity contribution in [2.45, 2.75) is 19.3 Å². The number of carboxylic acid groups (broad SMARTS) is 1. The molecule has 4 nitrogen and oxygen atoms in total. The van der Waals surface area contributed by atoms with Gasteiger partial charge >= 0.3 is 5.97 Å². The first kappa shape index (κ1) is 9.51. The Morgan fingerprint density at radius 1 is 1.69 bits per heavy atom. The second kappa shape index (κ2) is 3.89. The van der Waals surface area contributed by atoms with Crippen LogP contribution in [0.2, 0.25) is 0 Å². The Labute approximate surface area is 75.9 Å². The Hall–Kier alpha value is -1.58. The maximum atomic E-state index is 10.4. The highest BCUT2D eigenvalue weighted by Crippen LogP contribution is 2.26. The second-order valence-electron chi connectivity index (χ2n) is 2.93. The van der Waals surface area contributed by atoms with E-state index in [1.807, 2.05) is 0 Å². The van der Waals surface area contributed by atoms with E-state index in [1.165, 1.54) is 12.4 Å². The molecule has 1 rings (SSSR count). The number of pyridine rings is 1. The first-order chi connectivity index (χ1) is 6.11. The number of carbonyl (C=O) groups is 1. The predicted octanol–water partition coefficient (Wildman–Crippen LogP) is 1.37. The van der Waals surface area contributed by atoms with E-state index in [4.69, 9.17) is 5.11 Å². The van der Waals surface area contributed by atoms with Gasteiger partial charge in [-0.1, -0.05) is 6.92 Å². The molecule has 1 aromatic heterocycles. The first-order valence-electron chi connectivity index (χ1n) is 3.96. The van der Waals surface area contributed by atoms with Gasteiger partial charge in [-0.3, -0.25) is 9.78 Å². The number of rotatable bonds is 3. The number of aliphatic carboxylic acids is 1. The van der Waals surface area contributed by atoms with Crippen LogP contribution in [-0.4, -0.2) is 21.2 Å². The molecule has 1 aromatic rings. The van der Waals surface area contributed by atoms with Crippen LogP contribution in [0, 0.1) is 0 Å².